The second kappa shape index (κ2) is 8.25. The highest BCUT2D eigenvalue weighted by Gasteiger charge is 2.17. The van der Waals surface area contributed by atoms with E-state index in [1.165, 1.54) is 18.4 Å². The zero-order valence-corrected chi connectivity index (χ0v) is 13.4. The standard InChI is InChI=1S/C17H27NO3/c1-4-21-17-15(8-5-9-16(17)19-3)12-18(2)11-14-7-6-10-20-13-14/h5,8-9,14H,4,6-7,10-13H2,1-3H3/t14-/m1/s1. The highest BCUT2D eigenvalue weighted by molar-refractivity contribution is 5.46. The maximum atomic E-state index is 5.77. The molecule has 0 aliphatic carbocycles. The van der Waals surface area contributed by atoms with Gasteiger partial charge in [-0.25, -0.2) is 0 Å². The van der Waals surface area contributed by atoms with Crippen molar-refractivity contribution in [3.63, 3.8) is 0 Å². The predicted octanol–water partition coefficient (Wildman–Crippen LogP) is 2.95. The first-order valence-electron chi connectivity index (χ1n) is 7.79. The van der Waals surface area contributed by atoms with Crippen LogP contribution in [0.5, 0.6) is 11.5 Å². The molecule has 1 aromatic rings. The molecule has 0 unspecified atom stereocenters. The first-order valence-corrected chi connectivity index (χ1v) is 7.79. The highest BCUT2D eigenvalue weighted by Crippen LogP contribution is 2.32. The van der Waals surface area contributed by atoms with Crippen LogP contribution in [0.4, 0.5) is 0 Å². The van der Waals surface area contributed by atoms with E-state index in [2.05, 4.69) is 18.0 Å². The Morgan fingerprint density at radius 2 is 2.24 bits per heavy atom. The number of methoxy groups -OCH3 is 1. The maximum Gasteiger partial charge on any atom is 0.165 e. The predicted molar refractivity (Wildman–Crippen MR) is 84.0 cm³/mol. The lowest BCUT2D eigenvalue weighted by Crippen LogP contribution is -2.30. The fourth-order valence-corrected chi connectivity index (χ4v) is 2.90. The number of benzene rings is 1. The van der Waals surface area contributed by atoms with E-state index in [1.54, 1.807) is 7.11 Å². The van der Waals surface area contributed by atoms with E-state index < -0.39 is 0 Å². The van der Waals surface area contributed by atoms with E-state index >= 15 is 0 Å². The minimum atomic E-state index is 0.643. The molecule has 2 rings (SSSR count). The molecule has 1 aliphatic heterocycles. The summed E-state index contributed by atoms with van der Waals surface area (Å²) in [6.07, 6.45) is 2.45. The van der Waals surface area contributed by atoms with Gasteiger partial charge < -0.3 is 19.1 Å². The normalized spacial score (nSPS) is 18.8. The van der Waals surface area contributed by atoms with Crippen LogP contribution in [-0.4, -0.2) is 45.4 Å². The molecular formula is C17H27NO3. The number of ether oxygens (including phenoxy) is 3. The number of rotatable bonds is 7. The minimum Gasteiger partial charge on any atom is -0.493 e. The summed E-state index contributed by atoms with van der Waals surface area (Å²) >= 11 is 0. The van der Waals surface area contributed by atoms with Gasteiger partial charge in [-0.1, -0.05) is 12.1 Å². The molecule has 1 atom stereocenters. The molecule has 0 radical (unpaired) electrons. The second-order valence-electron chi connectivity index (χ2n) is 5.66. The molecule has 1 fully saturated rings. The highest BCUT2D eigenvalue weighted by atomic mass is 16.5. The summed E-state index contributed by atoms with van der Waals surface area (Å²) in [5.74, 6) is 2.32. The van der Waals surface area contributed by atoms with Gasteiger partial charge in [-0.3, -0.25) is 0 Å². The van der Waals surface area contributed by atoms with Crippen LogP contribution in [0.2, 0.25) is 0 Å². The molecule has 21 heavy (non-hydrogen) atoms. The van der Waals surface area contributed by atoms with Crippen molar-refractivity contribution in [2.45, 2.75) is 26.3 Å². The second-order valence-corrected chi connectivity index (χ2v) is 5.66. The fraction of sp³-hybridized carbons (Fsp3) is 0.647. The Morgan fingerprint density at radius 1 is 1.38 bits per heavy atom. The van der Waals surface area contributed by atoms with Crippen molar-refractivity contribution in [3.05, 3.63) is 23.8 Å². The molecule has 1 heterocycles. The van der Waals surface area contributed by atoms with Gasteiger partial charge in [-0.15, -0.1) is 0 Å². The van der Waals surface area contributed by atoms with Crippen LogP contribution in [0.25, 0.3) is 0 Å². The molecule has 118 valence electrons. The van der Waals surface area contributed by atoms with Crippen LogP contribution in [0.1, 0.15) is 25.3 Å². The summed E-state index contributed by atoms with van der Waals surface area (Å²) in [4.78, 5) is 2.34. The van der Waals surface area contributed by atoms with Crippen molar-refractivity contribution < 1.29 is 14.2 Å². The summed E-state index contributed by atoms with van der Waals surface area (Å²) in [5.41, 5.74) is 1.18. The minimum absolute atomic E-state index is 0.643. The zero-order chi connectivity index (χ0) is 15.1. The van der Waals surface area contributed by atoms with E-state index in [-0.39, 0.29) is 0 Å². The fourth-order valence-electron chi connectivity index (χ4n) is 2.90. The van der Waals surface area contributed by atoms with Gasteiger partial charge in [-0.05, 0) is 38.8 Å². The van der Waals surface area contributed by atoms with Gasteiger partial charge in [0, 0.05) is 25.3 Å². The van der Waals surface area contributed by atoms with Gasteiger partial charge in [0.05, 0.1) is 20.3 Å². The van der Waals surface area contributed by atoms with Crippen molar-refractivity contribution in [2.75, 3.05) is 40.5 Å². The van der Waals surface area contributed by atoms with E-state index in [0.29, 0.717) is 12.5 Å². The van der Waals surface area contributed by atoms with Crippen molar-refractivity contribution in [1.82, 2.24) is 4.90 Å². The molecule has 4 nitrogen and oxygen atoms in total. The van der Waals surface area contributed by atoms with E-state index in [4.69, 9.17) is 14.2 Å². The van der Waals surface area contributed by atoms with Gasteiger partial charge in [-0.2, -0.15) is 0 Å². The topological polar surface area (TPSA) is 30.9 Å². The Bertz CT molecular complexity index is 430. The third-order valence-corrected chi connectivity index (χ3v) is 3.83. The van der Waals surface area contributed by atoms with Crippen LogP contribution in [0.15, 0.2) is 18.2 Å². The smallest absolute Gasteiger partial charge is 0.165 e. The SMILES string of the molecule is CCOc1c(CN(C)C[C@H]2CCCOC2)cccc1OC. The molecule has 1 saturated heterocycles. The molecule has 0 amide bonds. The van der Waals surface area contributed by atoms with Crippen LogP contribution in [-0.2, 0) is 11.3 Å². The van der Waals surface area contributed by atoms with Gasteiger partial charge in [0.15, 0.2) is 11.5 Å². The van der Waals surface area contributed by atoms with E-state index in [9.17, 15) is 0 Å². The van der Waals surface area contributed by atoms with Crippen LogP contribution >= 0.6 is 0 Å². The molecule has 0 N–H and O–H groups in total. The lowest BCUT2D eigenvalue weighted by atomic mass is 10.0. The Morgan fingerprint density at radius 3 is 2.90 bits per heavy atom. The van der Waals surface area contributed by atoms with Crippen LogP contribution in [0, 0.1) is 5.92 Å². The quantitative estimate of drug-likeness (QED) is 0.773. The van der Waals surface area contributed by atoms with Crippen molar-refractivity contribution in [1.29, 1.82) is 0 Å². The van der Waals surface area contributed by atoms with Crippen molar-refractivity contribution in [2.24, 2.45) is 5.92 Å². The third-order valence-electron chi connectivity index (χ3n) is 3.83. The molecule has 1 aromatic carbocycles. The first kappa shape index (κ1) is 16.1. The van der Waals surface area contributed by atoms with Crippen molar-refractivity contribution in [3.8, 4) is 11.5 Å². The largest absolute Gasteiger partial charge is 0.493 e. The Kier molecular flexibility index (Phi) is 6.33. The summed E-state index contributed by atoms with van der Waals surface area (Å²) in [6, 6.07) is 6.08. The maximum absolute atomic E-state index is 5.77. The molecular weight excluding hydrogens is 266 g/mol. The number of hydrogen-bond acceptors (Lipinski definition) is 4. The van der Waals surface area contributed by atoms with Crippen molar-refractivity contribution >= 4 is 0 Å². The van der Waals surface area contributed by atoms with Gasteiger partial charge in [0.1, 0.15) is 0 Å². The summed E-state index contributed by atoms with van der Waals surface area (Å²) in [5, 5.41) is 0. The number of para-hydroxylation sites is 1. The Labute approximate surface area is 128 Å². The molecule has 4 heteroatoms. The Balaban J connectivity index is 2.00. The lowest BCUT2D eigenvalue weighted by Gasteiger charge is -2.27. The average molecular weight is 293 g/mol. The van der Waals surface area contributed by atoms with Gasteiger partial charge in [0.25, 0.3) is 0 Å². The molecule has 1 aliphatic rings. The molecule has 0 spiro atoms. The number of hydrogen-bond donors (Lipinski definition) is 0. The van der Waals surface area contributed by atoms with Gasteiger partial charge >= 0.3 is 0 Å². The van der Waals surface area contributed by atoms with Crippen LogP contribution in [0.3, 0.4) is 0 Å². The summed E-state index contributed by atoms with van der Waals surface area (Å²) in [6.45, 7) is 6.38. The lowest BCUT2D eigenvalue weighted by molar-refractivity contribution is 0.0410. The molecule has 0 saturated carbocycles. The third kappa shape index (κ3) is 4.61. The average Bonchev–Trinajstić information content (AvgIpc) is 2.50. The Hall–Kier alpha value is -1.26. The zero-order valence-electron chi connectivity index (χ0n) is 13.4. The molecule has 0 aromatic heterocycles. The molecule has 0 bridgehead atoms. The summed E-state index contributed by atoms with van der Waals surface area (Å²) in [7, 11) is 3.84. The first-order chi connectivity index (χ1) is 10.2. The van der Waals surface area contributed by atoms with E-state index in [1.807, 2.05) is 19.1 Å². The monoisotopic (exact) mass is 293 g/mol. The summed E-state index contributed by atoms with van der Waals surface area (Å²) < 4.78 is 16.7. The van der Waals surface area contributed by atoms with Crippen LogP contribution < -0.4 is 9.47 Å². The number of nitrogens with zero attached hydrogens (tertiary/aromatic N) is 1. The van der Waals surface area contributed by atoms with E-state index in [0.717, 1.165) is 37.8 Å². The van der Waals surface area contributed by atoms with Gasteiger partial charge in [0.2, 0.25) is 0 Å².